The lowest BCUT2D eigenvalue weighted by Crippen LogP contribution is -2.21. The molecule has 1 amide bonds. The van der Waals surface area contributed by atoms with Crippen molar-refractivity contribution in [3.63, 3.8) is 0 Å². The van der Waals surface area contributed by atoms with Gasteiger partial charge in [0, 0.05) is 35.6 Å². The van der Waals surface area contributed by atoms with Crippen LogP contribution in [0.15, 0.2) is 54.6 Å². The van der Waals surface area contributed by atoms with Crippen molar-refractivity contribution in [3.05, 3.63) is 70.2 Å². The van der Waals surface area contributed by atoms with Crippen molar-refractivity contribution >= 4 is 51.5 Å². The normalized spacial score (nSPS) is 11.0. The molecule has 1 heterocycles. The van der Waals surface area contributed by atoms with E-state index in [0.717, 1.165) is 29.8 Å². The van der Waals surface area contributed by atoms with E-state index in [-0.39, 0.29) is 16.3 Å². The van der Waals surface area contributed by atoms with Crippen LogP contribution in [0.2, 0.25) is 10.0 Å². The van der Waals surface area contributed by atoms with Crippen LogP contribution < -0.4 is 10.2 Å². The summed E-state index contributed by atoms with van der Waals surface area (Å²) in [6.07, 6.45) is 0. The number of nitrogens with one attached hydrogen (secondary N) is 1. The molecule has 4 aromatic rings. The molecule has 0 aliphatic heterocycles. The number of fused-ring (bicyclic) bond motifs is 1. The van der Waals surface area contributed by atoms with Gasteiger partial charge in [-0.3, -0.25) is 4.79 Å². The minimum Gasteiger partial charge on any atom is -0.506 e. The number of aromatic nitrogens is 3. The van der Waals surface area contributed by atoms with Crippen LogP contribution in [-0.2, 0) is 0 Å². The maximum absolute atomic E-state index is 12.5. The highest BCUT2D eigenvalue weighted by atomic mass is 35.5. The minimum absolute atomic E-state index is 0.0747. The molecule has 4 rings (SSSR count). The number of phenols is 1. The van der Waals surface area contributed by atoms with Gasteiger partial charge in [-0.1, -0.05) is 23.2 Å². The topological polar surface area (TPSA) is 83.3 Å². The zero-order valence-corrected chi connectivity index (χ0v) is 19.0. The number of rotatable bonds is 6. The summed E-state index contributed by atoms with van der Waals surface area (Å²) in [5, 5.41) is 22.9. The average molecular weight is 470 g/mol. The average Bonchev–Trinajstić information content (AvgIpc) is 3.17. The van der Waals surface area contributed by atoms with Gasteiger partial charge >= 0.3 is 0 Å². The number of anilines is 2. The monoisotopic (exact) mass is 469 g/mol. The third-order valence-electron chi connectivity index (χ3n) is 5.12. The van der Waals surface area contributed by atoms with E-state index in [2.05, 4.69) is 34.3 Å². The van der Waals surface area contributed by atoms with Crippen LogP contribution >= 0.6 is 23.2 Å². The highest BCUT2D eigenvalue weighted by molar-refractivity contribution is 6.37. The molecule has 7 nitrogen and oxygen atoms in total. The van der Waals surface area contributed by atoms with Crippen LogP contribution in [0.5, 0.6) is 5.75 Å². The molecule has 0 aliphatic rings. The number of phenolic OH excluding ortho intramolecular Hbond substituents is 1. The number of hydrogen-bond donors (Lipinski definition) is 2. The first-order valence-corrected chi connectivity index (χ1v) is 10.9. The van der Waals surface area contributed by atoms with Crippen LogP contribution in [-0.4, -0.2) is 39.1 Å². The Morgan fingerprint density at radius 1 is 1.00 bits per heavy atom. The van der Waals surface area contributed by atoms with Gasteiger partial charge < -0.3 is 15.3 Å². The maximum Gasteiger partial charge on any atom is 0.257 e. The Morgan fingerprint density at radius 2 is 1.75 bits per heavy atom. The Balaban J connectivity index is 1.59. The van der Waals surface area contributed by atoms with Crippen molar-refractivity contribution in [1.82, 2.24) is 15.0 Å². The van der Waals surface area contributed by atoms with Gasteiger partial charge in [0.05, 0.1) is 10.6 Å². The molecule has 0 unspecified atom stereocenters. The summed E-state index contributed by atoms with van der Waals surface area (Å²) < 4.78 is 0. The predicted octanol–water partition coefficient (Wildman–Crippen LogP) is 5.53. The second kappa shape index (κ2) is 9.06. The van der Waals surface area contributed by atoms with E-state index in [1.807, 2.05) is 18.2 Å². The molecule has 32 heavy (non-hydrogen) atoms. The SMILES string of the molecule is CCN(CC)c1ccc2nn(-c3ccc(NC(=O)c4ccc(Cl)cc4Cl)cc3O)nc2c1. The molecular weight excluding hydrogens is 449 g/mol. The first-order valence-electron chi connectivity index (χ1n) is 10.1. The van der Waals surface area contributed by atoms with Crippen molar-refractivity contribution in [2.24, 2.45) is 0 Å². The number of hydrogen-bond acceptors (Lipinski definition) is 5. The molecule has 0 radical (unpaired) electrons. The minimum atomic E-state index is -0.411. The molecular formula is C23H21Cl2N5O2. The fourth-order valence-corrected chi connectivity index (χ4v) is 3.93. The molecule has 0 spiro atoms. The smallest absolute Gasteiger partial charge is 0.257 e. The predicted molar refractivity (Wildman–Crippen MR) is 129 cm³/mol. The fraction of sp³-hybridized carbons (Fsp3) is 0.174. The number of carbonyl (C=O) groups excluding carboxylic acids is 1. The number of carbonyl (C=O) groups is 1. The van der Waals surface area contributed by atoms with E-state index in [1.54, 1.807) is 24.3 Å². The van der Waals surface area contributed by atoms with E-state index in [9.17, 15) is 9.90 Å². The Bertz CT molecular complexity index is 1300. The van der Waals surface area contributed by atoms with E-state index in [0.29, 0.717) is 16.4 Å². The molecule has 0 saturated carbocycles. The summed E-state index contributed by atoms with van der Waals surface area (Å²) in [5.41, 5.74) is 3.59. The number of aromatic hydroxyl groups is 1. The van der Waals surface area contributed by atoms with Crippen LogP contribution in [0.4, 0.5) is 11.4 Å². The Hall–Kier alpha value is -3.29. The van der Waals surface area contributed by atoms with Gasteiger partial charge in [0.25, 0.3) is 5.91 Å². The van der Waals surface area contributed by atoms with Crippen LogP contribution in [0.25, 0.3) is 16.7 Å². The summed E-state index contributed by atoms with van der Waals surface area (Å²) in [5.74, 6) is -0.486. The lowest BCUT2D eigenvalue weighted by Gasteiger charge is -2.20. The van der Waals surface area contributed by atoms with E-state index in [4.69, 9.17) is 23.2 Å². The number of benzene rings is 3. The molecule has 1 aromatic heterocycles. The van der Waals surface area contributed by atoms with Gasteiger partial charge in [0.1, 0.15) is 22.5 Å². The van der Waals surface area contributed by atoms with Gasteiger partial charge in [-0.2, -0.15) is 0 Å². The van der Waals surface area contributed by atoms with E-state index < -0.39 is 5.91 Å². The summed E-state index contributed by atoms with van der Waals surface area (Å²) >= 11 is 12.0. The van der Waals surface area contributed by atoms with Gasteiger partial charge in [-0.25, -0.2) is 0 Å². The molecule has 0 bridgehead atoms. The summed E-state index contributed by atoms with van der Waals surface area (Å²) in [6.45, 7) is 5.99. The first-order chi connectivity index (χ1) is 15.4. The summed E-state index contributed by atoms with van der Waals surface area (Å²) in [7, 11) is 0. The van der Waals surface area contributed by atoms with Gasteiger partial charge in [0.15, 0.2) is 0 Å². The number of amides is 1. The lowest BCUT2D eigenvalue weighted by atomic mass is 10.2. The molecule has 0 saturated heterocycles. The van der Waals surface area contributed by atoms with E-state index >= 15 is 0 Å². The molecule has 0 aliphatic carbocycles. The van der Waals surface area contributed by atoms with Crippen molar-refractivity contribution in [2.75, 3.05) is 23.3 Å². The number of nitrogens with zero attached hydrogens (tertiary/aromatic N) is 4. The first kappa shape index (κ1) is 21.9. The molecule has 3 aromatic carbocycles. The van der Waals surface area contributed by atoms with Crippen molar-refractivity contribution in [2.45, 2.75) is 13.8 Å². The molecule has 164 valence electrons. The number of halogens is 2. The zero-order chi connectivity index (χ0) is 22.8. The summed E-state index contributed by atoms with van der Waals surface area (Å²) in [4.78, 5) is 16.1. The standard InChI is InChI=1S/C23H21Cl2N5O2/c1-3-29(4-2)16-7-9-19-20(13-16)28-30(27-19)21-10-6-15(12-22(21)31)26-23(32)17-8-5-14(24)11-18(17)25/h5-13,31H,3-4H2,1-2H3,(H,26,32). The van der Waals surface area contributed by atoms with Gasteiger partial charge in [0.2, 0.25) is 0 Å². The third-order valence-corrected chi connectivity index (χ3v) is 5.66. The van der Waals surface area contributed by atoms with Gasteiger partial charge in [-0.15, -0.1) is 15.0 Å². The Labute approximate surface area is 195 Å². The zero-order valence-electron chi connectivity index (χ0n) is 17.5. The Morgan fingerprint density at radius 3 is 2.44 bits per heavy atom. The van der Waals surface area contributed by atoms with Gasteiger partial charge in [-0.05, 0) is 62.4 Å². The highest BCUT2D eigenvalue weighted by Crippen LogP contribution is 2.28. The second-order valence-corrected chi connectivity index (χ2v) is 7.96. The van der Waals surface area contributed by atoms with Crippen LogP contribution in [0, 0.1) is 0 Å². The Kier molecular flexibility index (Phi) is 6.21. The van der Waals surface area contributed by atoms with Crippen molar-refractivity contribution in [3.8, 4) is 11.4 Å². The second-order valence-electron chi connectivity index (χ2n) is 7.12. The molecule has 9 heteroatoms. The molecule has 0 fully saturated rings. The van der Waals surface area contributed by atoms with Crippen molar-refractivity contribution in [1.29, 1.82) is 0 Å². The quantitative estimate of drug-likeness (QED) is 0.387. The van der Waals surface area contributed by atoms with Crippen molar-refractivity contribution < 1.29 is 9.90 Å². The lowest BCUT2D eigenvalue weighted by molar-refractivity contribution is 0.102. The molecule has 0 atom stereocenters. The molecule has 2 N–H and O–H groups in total. The fourth-order valence-electron chi connectivity index (χ4n) is 3.44. The third kappa shape index (κ3) is 4.35. The largest absolute Gasteiger partial charge is 0.506 e. The van der Waals surface area contributed by atoms with E-state index in [1.165, 1.54) is 16.9 Å². The van der Waals surface area contributed by atoms with Crippen LogP contribution in [0.1, 0.15) is 24.2 Å². The summed E-state index contributed by atoms with van der Waals surface area (Å²) in [6, 6.07) is 15.3. The van der Waals surface area contributed by atoms with Crippen LogP contribution in [0.3, 0.4) is 0 Å². The maximum atomic E-state index is 12.5. The highest BCUT2D eigenvalue weighted by Gasteiger charge is 2.14.